The first-order valence-electron chi connectivity index (χ1n) is 6.86. The fraction of sp³-hybridized carbons (Fsp3) is 0.294. The summed E-state index contributed by atoms with van der Waals surface area (Å²) < 4.78 is 0. The molecule has 0 radical (unpaired) electrons. The zero-order chi connectivity index (χ0) is 13.5. The normalized spacial score (nSPS) is 10.2. The molecule has 2 N–H and O–H groups in total. The highest BCUT2D eigenvalue weighted by Crippen LogP contribution is 2.14. The number of para-hydroxylation sites is 2. The van der Waals surface area contributed by atoms with Crippen LogP contribution in [0.1, 0.15) is 17.5 Å². The van der Waals surface area contributed by atoms with E-state index in [2.05, 4.69) is 73.0 Å². The second kappa shape index (κ2) is 6.83. The molecule has 0 amide bonds. The van der Waals surface area contributed by atoms with Gasteiger partial charge in [0.2, 0.25) is 0 Å². The maximum absolute atomic E-state index is 3.47. The lowest BCUT2D eigenvalue weighted by Gasteiger charge is -2.11. The Morgan fingerprint density at radius 2 is 1.11 bits per heavy atom. The summed E-state index contributed by atoms with van der Waals surface area (Å²) in [4.78, 5) is 0. The molecule has 2 nitrogen and oxygen atoms in total. The third-order valence-electron chi connectivity index (χ3n) is 3.27. The summed E-state index contributed by atoms with van der Waals surface area (Å²) in [5.41, 5.74) is 5.07. The lowest BCUT2D eigenvalue weighted by Crippen LogP contribution is -2.10. The van der Waals surface area contributed by atoms with Crippen LogP contribution in [-0.2, 0) is 0 Å². The van der Waals surface area contributed by atoms with Crippen molar-refractivity contribution in [2.45, 2.75) is 20.3 Å². The molecule has 0 aromatic heterocycles. The van der Waals surface area contributed by atoms with E-state index in [1.807, 2.05) is 0 Å². The first-order valence-corrected chi connectivity index (χ1v) is 6.86. The van der Waals surface area contributed by atoms with Gasteiger partial charge in [0, 0.05) is 24.5 Å². The maximum atomic E-state index is 3.47. The number of hydrogen-bond donors (Lipinski definition) is 2. The molecule has 0 fully saturated rings. The summed E-state index contributed by atoms with van der Waals surface area (Å²) >= 11 is 0. The lowest BCUT2D eigenvalue weighted by atomic mass is 10.2. The minimum atomic E-state index is 0.990. The van der Waals surface area contributed by atoms with Crippen LogP contribution in [0.15, 0.2) is 48.5 Å². The molecule has 0 bridgehead atoms. The first-order chi connectivity index (χ1) is 9.27. The predicted molar refractivity (Wildman–Crippen MR) is 84.0 cm³/mol. The molecule has 0 saturated heterocycles. The van der Waals surface area contributed by atoms with Gasteiger partial charge < -0.3 is 10.6 Å². The number of hydrogen-bond acceptors (Lipinski definition) is 2. The molecule has 0 unspecified atom stereocenters. The fourth-order valence-electron chi connectivity index (χ4n) is 2.08. The molecule has 19 heavy (non-hydrogen) atoms. The highest BCUT2D eigenvalue weighted by Gasteiger charge is 1.97. The minimum Gasteiger partial charge on any atom is -0.385 e. The van der Waals surface area contributed by atoms with E-state index in [0.717, 1.165) is 19.5 Å². The van der Waals surface area contributed by atoms with Gasteiger partial charge in [-0.15, -0.1) is 0 Å². The molecule has 0 spiro atoms. The molecule has 0 saturated carbocycles. The van der Waals surface area contributed by atoms with Gasteiger partial charge in [0.05, 0.1) is 0 Å². The Balaban J connectivity index is 1.71. The molecule has 0 aliphatic rings. The Morgan fingerprint density at radius 3 is 1.53 bits per heavy atom. The molecule has 100 valence electrons. The van der Waals surface area contributed by atoms with Crippen LogP contribution < -0.4 is 10.6 Å². The van der Waals surface area contributed by atoms with E-state index >= 15 is 0 Å². The Hall–Kier alpha value is -1.96. The van der Waals surface area contributed by atoms with Crippen molar-refractivity contribution in [3.05, 3.63) is 59.7 Å². The van der Waals surface area contributed by atoms with Gasteiger partial charge in [0.1, 0.15) is 0 Å². The molecule has 0 aliphatic carbocycles. The van der Waals surface area contributed by atoms with Crippen LogP contribution in [-0.4, -0.2) is 13.1 Å². The second-order valence-corrected chi connectivity index (χ2v) is 4.84. The van der Waals surface area contributed by atoms with Gasteiger partial charge >= 0.3 is 0 Å². The van der Waals surface area contributed by atoms with Gasteiger partial charge in [-0.25, -0.2) is 0 Å². The number of aryl methyl sites for hydroxylation is 2. The first kappa shape index (κ1) is 13.5. The van der Waals surface area contributed by atoms with Crippen molar-refractivity contribution in [2.75, 3.05) is 23.7 Å². The number of anilines is 2. The molecular formula is C17H22N2. The summed E-state index contributed by atoms with van der Waals surface area (Å²) in [6.07, 6.45) is 1.10. The monoisotopic (exact) mass is 254 g/mol. The zero-order valence-corrected chi connectivity index (χ0v) is 11.7. The minimum absolute atomic E-state index is 0.990. The predicted octanol–water partition coefficient (Wildman–Crippen LogP) is 4.22. The second-order valence-electron chi connectivity index (χ2n) is 4.84. The SMILES string of the molecule is Cc1ccccc1NCCCNc1ccccc1C. The van der Waals surface area contributed by atoms with Crippen molar-refractivity contribution in [3.8, 4) is 0 Å². The van der Waals surface area contributed by atoms with Crippen LogP contribution in [0.4, 0.5) is 11.4 Å². The Kier molecular flexibility index (Phi) is 4.85. The van der Waals surface area contributed by atoms with E-state index in [9.17, 15) is 0 Å². The van der Waals surface area contributed by atoms with E-state index in [4.69, 9.17) is 0 Å². The van der Waals surface area contributed by atoms with Gasteiger partial charge in [-0.05, 0) is 43.5 Å². The summed E-state index contributed by atoms with van der Waals surface area (Å²) in [5, 5.41) is 6.95. The van der Waals surface area contributed by atoms with Crippen LogP contribution in [0.3, 0.4) is 0 Å². The van der Waals surface area contributed by atoms with E-state index < -0.39 is 0 Å². The van der Waals surface area contributed by atoms with Crippen LogP contribution in [0.5, 0.6) is 0 Å². The van der Waals surface area contributed by atoms with Crippen molar-refractivity contribution in [1.82, 2.24) is 0 Å². The summed E-state index contributed by atoms with van der Waals surface area (Å²) in [6.45, 7) is 6.25. The van der Waals surface area contributed by atoms with E-state index in [-0.39, 0.29) is 0 Å². The van der Waals surface area contributed by atoms with Gasteiger partial charge in [-0.2, -0.15) is 0 Å². The van der Waals surface area contributed by atoms with Gasteiger partial charge in [0.15, 0.2) is 0 Å². The maximum Gasteiger partial charge on any atom is 0.0369 e. The smallest absolute Gasteiger partial charge is 0.0369 e. The van der Waals surface area contributed by atoms with Crippen molar-refractivity contribution >= 4 is 11.4 Å². The Labute approximate surface area is 115 Å². The van der Waals surface area contributed by atoms with Crippen LogP contribution in [0, 0.1) is 13.8 Å². The third-order valence-corrected chi connectivity index (χ3v) is 3.27. The van der Waals surface area contributed by atoms with E-state index in [1.54, 1.807) is 0 Å². The topological polar surface area (TPSA) is 24.1 Å². The molecule has 0 aliphatic heterocycles. The Bertz CT molecular complexity index is 473. The third kappa shape index (κ3) is 4.02. The number of benzene rings is 2. The van der Waals surface area contributed by atoms with Crippen molar-refractivity contribution in [1.29, 1.82) is 0 Å². The van der Waals surface area contributed by atoms with Gasteiger partial charge in [-0.1, -0.05) is 36.4 Å². The number of rotatable bonds is 6. The Morgan fingerprint density at radius 1 is 0.684 bits per heavy atom. The fourth-order valence-corrected chi connectivity index (χ4v) is 2.08. The summed E-state index contributed by atoms with van der Waals surface area (Å²) in [6, 6.07) is 16.8. The molecule has 2 heteroatoms. The lowest BCUT2D eigenvalue weighted by molar-refractivity contribution is 0.907. The molecule has 0 atom stereocenters. The van der Waals surface area contributed by atoms with Gasteiger partial charge in [-0.3, -0.25) is 0 Å². The van der Waals surface area contributed by atoms with Crippen molar-refractivity contribution < 1.29 is 0 Å². The molecular weight excluding hydrogens is 232 g/mol. The van der Waals surface area contributed by atoms with E-state index in [0.29, 0.717) is 0 Å². The van der Waals surface area contributed by atoms with E-state index in [1.165, 1.54) is 22.5 Å². The largest absolute Gasteiger partial charge is 0.385 e. The highest BCUT2D eigenvalue weighted by molar-refractivity contribution is 5.51. The standard InChI is InChI=1S/C17H22N2/c1-14-8-3-5-10-16(14)18-12-7-13-19-17-11-6-4-9-15(17)2/h3-6,8-11,18-19H,7,12-13H2,1-2H3. The van der Waals surface area contributed by atoms with Crippen LogP contribution in [0.25, 0.3) is 0 Å². The summed E-state index contributed by atoms with van der Waals surface area (Å²) in [7, 11) is 0. The summed E-state index contributed by atoms with van der Waals surface area (Å²) in [5.74, 6) is 0. The zero-order valence-electron chi connectivity index (χ0n) is 11.7. The van der Waals surface area contributed by atoms with Gasteiger partial charge in [0.25, 0.3) is 0 Å². The quantitative estimate of drug-likeness (QED) is 0.754. The van der Waals surface area contributed by atoms with Crippen molar-refractivity contribution in [2.24, 2.45) is 0 Å². The highest BCUT2D eigenvalue weighted by atomic mass is 14.9. The van der Waals surface area contributed by atoms with Crippen molar-refractivity contribution in [3.63, 3.8) is 0 Å². The molecule has 0 heterocycles. The van der Waals surface area contributed by atoms with Crippen LogP contribution in [0.2, 0.25) is 0 Å². The molecule has 2 rings (SSSR count). The molecule has 2 aromatic rings. The average molecular weight is 254 g/mol. The molecule has 2 aromatic carbocycles. The average Bonchev–Trinajstić information content (AvgIpc) is 2.42. The van der Waals surface area contributed by atoms with Crippen LogP contribution >= 0.6 is 0 Å². The number of nitrogens with one attached hydrogen (secondary N) is 2.